The van der Waals surface area contributed by atoms with Gasteiger partial charge >= 0.3 is 0 Å². The number of rotatable bonds is 3. The Morgan fingerprint density at radius 3 is 1.90 bits per heavy atom. The molecule has 3 rings (SSSR count). The van der Waals surface area contributed by atoms with E-state index in [4.69, 9.17) is 0 Å². The predicted molar refractivity (Wildman–Crippen MR) is 85.7 cm³/mol. The van der Waals surface area contributed by atoms with Crippen LogP contribution in [-0.4, -0.2) is 4.57 Å². The molecule has 1 heterocycles. The zero-order valence-electron chi connectivity index (χ0n) is 12.0. The molecule has 0 unspecified atom stereocenters. The van der Waals surface area contributed by atoms with Crippen molar-refractivity contribution in [2.45, 2.75) is 20.4 Å². The van der Waals surface area contributed by atoms with Gasteiger partial charge in [-0.3, -0.25) is 0 Å². The van der Waals surface area contributed by atoms with Crippen LogP contribution >= 0.6 is 0 Å². The number of aryl methyl sites for hydroxylation is 1. The van der Waals surface area contributed by atoms with Crippen LogP contribution in [0.25, 0.3) is 22.4 Å². The fourth-order valence-corrected chi connectivity index (χ4v) is 2.83. The van der Waals surface area contributed by atoms with E-state index in [0.717, 1.165) is 6.54 Å². The lowest BCUT2D eigenvalue weighted by atomic mass is 10.0. The van der Waals surface area contributed by atoms with Crippen molar-refractivity contribution in [2.24, 2.45) is 0 Å². The molecular formula is C19H19N. The molecule has 0 N–H and O–H groups in total. The second-order valence-electron chi connectivity index (χ2n) is 5.02. The van der Waals surface area contributed by atoms with Gasteiger partial charge in [-0.25, -0.2) is 0 Å². The fraction of sp³-hybridized carbons (Fsp3) is 0.158. The third-order valence-corrected chi connectivity index (χ3v) is 3.75. The molecule has 3 aromatic rings. The largest absolute Gasteiger partial charge is 0.345 e. The van der Waals surface area contributed by atoms with E-state index in [1.807, 2.05) is 0 Å². The van der Waals surface area contributed by atoms with Gasteiger partial charge < -0.3 is 4.57 Å². The lowest BCUT2D eigenvalue weighted by Crippen LogP contribution is -1.99. The first-order valence-corrected chi connectivity index (χ1v) is 7.12. The van der Waals surface area contributed by atoms with Crippen LogP contribution in [0.3, 0.4) is 0 Å². The Morgan fingerprint density at radius 1 is 0.800 bits per heavy atom. The van der Waals surface area contributed by atoms with E-state index in [1.54, 1.807) is 0 Å². The molecule has 0 atom stereocenters. The molecule has 20 heavy (non-hydrogen) atoms. The average molecular weight is 261 g/mol. The second-order valence-corrected chi connectivity index (χ2v) is 5.02. The van der Waals surface area contributed by atoms with E-state index in [9.17, 15) is 0 Å². The maximum Gasteiger partial charge on any atom is 0.0561 e. The SMILES string of the molecule is CCn1c(C)cc(-c2ccccc2)c1-c1ccccc1. The maximum atomic E-state index is 2.39. The van der Waals surface area contributed by atoms with E-state index in [-0.39, 0.29) is 0 Å². The molecule has 1 heteroatoms. The number of hydrogen-bond donors (Lipinski definition) is 0. The van der Waals surface area contributed by atoms with Gasteiger partial charge in [-0.2, -0.15) is 0 Å². The van der Waals surface area contributed by atoms with Crippen LogP contribution in [0.1, 0.15) is 12.6 Å². The zero-order chi connectivity index (χ0) is 13.9. The highest BCUT2D eigenvalue weighted by Gasteiger charge is 2.14. The van der Waals surface area contributed by atoms with Gasteiger partial charge in [-0.1, -0.05) is 60.7 Å². The first kappa shape index (κ1) is 12.7. The average Bonchev–Trinajstić information content (AvgIpc) is 2.85. The second kappa shape index (κ2) is 5.38. The Bertz CT molecular complexity index is 693. The summed E-state index contributed by atoms with van der Waals surface area (Å²) in [6, 6.07) is 23.6. The summed E-state index contributed by atoms with van der Waals surface area (Å²) in [7, 11) is 0. The number of aromatic nitrogens is 1. The van der Waals surface area contributed by atoms with Gasteiger partial charge in [-0.15, -0.1) is 0 Å². The highest BCUT2D eigenvalue weighted by Crippen LogP contribution is 2.34. The number of nitrogens with zero attached hydrogens (tertiary/aromatic N) is 1. The standard InChI is InChI=1S/C19H19N/c1-3-20-15(2)14-18(16-10-6-4-7-11-16)19(20)17-12-8-5-9-13-17/h4-14H,3H2,1-2H3. The predicted octanol–water partition coefficient (Wildman–Crippen LogP) is 5.15. The Kier molecular flexibility index (Phi) is 3.42. The summed E-state index contributed by atoms with van der Waals surface area (Å²) in [4.78, 5) is 0. The van der Waals surface area contributed by atoms with Crippen molar-refractivity contribution in [3.8, 4) is 22.4 Å². The third kappa shape index (κ3) is 2.16. The van der Waals surface area contributed by atoms with Crippen molar-refractivity contribution in [1.29, 1.82) is 0 Å². The summed E-state index contributed by atoms with van der Waals surface area (Å²) >= 11 is 0. The molecule has 0 radical (unpaired) electrons. The lowest BCUT2D eigenvalue weighted by Gasteiger charge is -2.11. The molecule has 2 aromatic carbocycles. The van der Waals surface area contributed by atoms with Crippen molar-refractivity contribution >= 4 is 0 Å². The van der Waals surface area contributed by atoms with Gasteiger partial charge in [0, 0.05) is 17.8 Å². The number of hydrogen-bond acceptors (Lipinski definition) is 0. The minimum Gasteiger partial charge on any atom is -0.345 e. The van der Waals surface area contributed by atoms with E-state index in [0.29, 0.717) is 0 Å². The Hall–Kier alpha value is -2.28. The molecule has 1 nitrogen and oxygen atoms in total. The topological polar surface area (TPSA) is 4.93 Å². The van der Waals surface area contributed by atoms with Gasteiger partial charge in [0.2, 0.25) is 0 Å². The molecule has 0 spiro atoms. The van der Waals surface area contributed by atoms with Crippen LogP contribution in [0.2, 0.25) is 0 Å². The van der Waals surface area contributed by atoms with Gasteiger partial charge in [-0.05, 0) is 31.0 Å². The first-order valence-electron chi connectivity index (χ1n) is 7.12. The highest BCUT2D eigenvalue weighted by molar-refractivity contribution is 5.82. The summed E-state index contributed by atoms with van der Waals surface area (Å²) in [6.07, 6.45) is 0. The van der Waals surface area contributed by atoms with Crippen molar-refractivity contribution in [3.05, 3.63) is 72.4 Å². The van der Waals surface area contributed by atoms with Crippen molar-refractivity contribution in [3.63, 3.8) is 0 Å². The van der Waals surface area contributed by atoms with Crippen LogP contribution in [0.15, 0.2) is 66.7 Å². The van der Waals surface area contributed by atoms with E-state index >= 15 is 0 Å². The van der Waals surface area contributed by atoms with Gasteiger partial charge in [0.15, 0.2) is 0 Å². The molecule has 0 amide bonds. The summed E-state index contributed by atoms with van der Waals surface area (Å²) in [5, 5.41) is 0. The van der Waals surface area contributed by atoms with Crippen LogP contribution in [0, 0.1) is 6.92 Å². The molecule has 0 saturated carbocycles. The highest BCUT2D eigenvalue weighted by atomic mass is 15.0. The maximum absolute atomic E-state index is 2.39. The monoisotopic (exact) mass is 261 g/mol. The van der Waals surface area contributed by atoms with Crippen LogP contribution < -0.4 is 0 Å². The van der Waals surface area contributed by atoms with E-state index in [1.165, 1.54) is 28.1 Å². The molecule has 0 fully saturated rings. The van der Waals surface area contributed by atoms with Gasteiger partial charge in [0.25, 0.3) is 0 Å². The van der Waals surface area contributed by atoms with Crippen LogP contribution in [0.5, 0.6) is 0 Å². The van der Waals surface area contributed by atoms with E-state index < -0.39 is 0 Å². The molecule has 0 aliphatic carbocycles. The van der Waals surface area contributed by atoms with Gasteiger partial charge in [0.05, 0.1) is 5.69 Å². The minimum absolute atomic E-state index is 0.989. The Morgan fingerprint density at radius 2 is 1.35 bits per heavy atom. The van der Waals surface area contributed by atoms with Gasteiger partial charge in [0.1, 0.15) is 0 Å². The normalized spacial score (nSPS) is 10.7. The smallest absolute Gasteiger partial charge is 0.0561 e. The van der Waals surface area contributed by atoms with Crippen molar-refractivity contribution in [1.82, 2.24) is 4.57 Å². The molecule has 100 valence electrons. The van der Waals surface area contributed by atoms with Crippen molar-refractivity contribution < 1.29 is 0 Å². The Balaban J connectivity index is 2.26. The summed E-state index contributed by atoms with van der Waals surface area (Å²) in [5.74, 6) is 0. The van der Waals surface area contributed by atoms with Crippen LogP contribution in [0.4, 0.5) is 0 Å². The first-order chi connectivity index (χ1) is 9.81. The molecular weight excluding hydrogens is 242 g/mol. The van der Waals surface area contributed by atoms with Crippen molar-refractivity contribution in [2.75, 3.05) is 0 Å². The minimum atomic E-state index is 0.989. The summed E-state index contributed by atoms with van der Waals surface area (Å²) in [5.41, 5.74) is 6.50. The zero-order valence-corrected chi connectivity index (χ0v) is 12.0. The third-order valence-electron chi connectivity index (χ3n) is 3.75. The van der Waals surface area contributed by atoms with E-state index in [2.05, 4.69) is 85.1 Å². The molecule has 0 aliphatic rings. The lowest BCUT2D eigenvalue weighted by molar-refractivity contribution is 0.751. The quantitative estimate of drug-likeness (QED) is 0.614. The molecule has 0 saturated heterocycles. The molecule has 0 bridgehead atoms. The Labute approximate surface area is 120 Å². The fourth-order valence-electron chi connectivity index (χ4n) is 2.83. The number of benzene rings is 2. The van der Waals surface area contributed by atoms with Crippen LogP contribution in [-0.2, 0) is 6.54 Å². The summed E-state index contributed by atoms with van der Waals surface area (Å²) < 4.78 is 2.39. The molecule has 1 aromatic heterocycles. The summed E-state index contributed by atoms with van der Waals surface area (Å²) in [6.45, 7) is 5.37. The molecule has 0 aliphatic heterocycles.